The first kappa shape index (κ1) is 12.6. The summed E-state index contributed by atoms with van der Waals surface area (Å²) in [5.41, 5.74) is 1.40. The molecule has 1 aliphatic rings. The van der Waals surface area contributed by atoms with Crippen LogP contribution in [0.2, 0.25) is 0 Å². The summed E-state index contributed by atoms with van der Waals surface area (Å²) in [5.74, 6) is 0.391. The molecule has 0 saturated carbocycles. The predicted molar refractivity (Wildman–Crippen MR) is 72.7 cm³/mol. The van der Waals surface area contributed by atoms with Crippen LogP contribution in [0.3, 0.4) is 0 Å². The van der Waals surface area contributed by atoms with E-state index >= 15 is 0 Å². The number of ether oxygens (including phenoxy) is 1. The van der Waals surface area contributed by atoms with Gasteiger partial charge in [0, 0.05) is 11.6 Å². The second-order valence-electron chi connectivity index (χ2n) is 4.68. The molecule has 0 amide bonds. The molecule has 0 aromatic heterocycles. The van der Waals surface area contributed by atoms with E-state index in [2.05, 4.69) is 0 Å². The number of nitro groups is 1. The Balaban J connectivity index is 2.07. The largest absolute Gasteiger partial charge is 0.484 e. The Morgan fingerprint density at radius 1 is 1.10 bits per heavy atom. The second kappa shape index (κ2) is 4.94. The van der Waals surface area contributed by atoms with Crippen molar-refractivity contribution in [3.8, 4) is 5.75 Å². The van der Waals surface area contributed by atoms with Gasteiger partial charge in [0.2, 0.25) is 0 Å². The van der Waals surface area contributed by atoms with Crippen molar-refractivity contribution >= 4 is 5.69 Å². The van der Waals surface area contributed by atoms with Gasteiger partial charge in [-0.25, -0.2) is 0 Å². The SMILES string of the molecule is O=[N+]([O-])c1ccccc1C1Oc2ccccc2C1CO. The van der Waals surface area contributed by atoms with Gasteiger partial charge in [-0.2, -0.15) is 0 Å². The highest BCUT2D eigenvalue weighted by atomic mass is 16.6. The fourth-order valence-electron chi connectivity index (χ4n) is 2.64. The third-order valence-corrected chi connectivity index (χ3v) is 3.57. The number of benzene rings is 2. The first-order chi connectivity index (χ1) is 9.72. The fourth-order valence-corrected chi connectivity index (χ4v) is 2.64. The molecular formula is C15H13NO4. The van der Waals surface area contributed by atoms with E-state index in [1.54, 1.807) is 18.2 Å². The minimum atomic E-state index is -0.529. The molecule has 1 N–H and O–H groups in total. The minimum absolute atomic E-state index is 0.0174. The van der Waals surface area contributed by atoms with Gasteiger partial charge in [-0.15, -0.1) is 0 Å². The number of fused-ring (bicyclic) bond motifs is 1. The summed E-state index contributed by atoms with van der Waals surface area (Å²) < 4.78 is 5.82. The lowest BCUT2D eigenvalue weighted by Gasteiger charge is -2.17. The number of aliphatic hydroxyl groups is 1. The van der Waals surface area contributed by atoms with Crippen LogP contribution in [0.4, 0.5) is 5.69 Å². The normalized spacial score (nSPS) is 20.2. The smallest absolute Gasteiger partial charge is 0.276 e. The van der Waals surface area contributed by atoms with Crippen molar-refractivity contribution in [1.82, 2.24) is 0 Å². The topological polar surface area (TPSA) is 72.6 Å². The lowest BCUT2D eigenvalue weighted by Crippen LogP contribution is -2.14. The maximum Gasteiger partial charge on any atom is 0.276 e. The molecule has 2 aromatic rings. The van der Waals surface area contributed by atoms with E-state index in [9.17, 15) is 15.2 Å². The molecule has 5 heteroatoms. The van der Waals surface area contributed by atoms with Crippen LogP contribution in [0.1, 0.15) is 23.1 Å². The molecular weight excluding hydrogens is 258 g/mol. The minimum Gasteiger partial charge on any atom is -0.484 e. The van der Waals surface area contributed by atoms with Gasteiger partial charge in [0.25, 0.3) is 5.69 Å². The summed E-state index contributed by atoms with van der Waals surface area (Å²) >= 11 is 0. The van der Waals surface area contributed by atoms with Gasteiger partial charge in [-0.3, -0.25) is 10.1 Å². The zero-order chi connectivity index (χ0) is 14.1. The van der Waals surface area contributed by atoms with Crippen molar-refractivity contribution in [2.45, 2.75) is 12.0 Å². The molecule has 0 fully saturated rings. The number of hydrogen-bond acceptors (Lipinski definition) is 4. The van der Waals surface area contributed by atoms with Crippen molar-refractivity contribution in [2.75, 3.05) is 6.61 Å². The summed E-state index contributed by atoms with van der Waals surface area (Å²) in [6, 6.07) is 13.9. The van der Waals surface area contributed by atoms with E-state index in [0.717, 1.165) is 5.56 Å². The molecule has 102 valence electrons. The molecule has 0 spiro atoms. The van der Waals surface area contributed by atoms with Crippen LogP contribution >= 0.6 is 0 Å². The lowest BCUT2D eigenvalue weighted by molar-refractivity contribution is -0.386. The van der Waals surface area contributed by atoms with E-state index < -0.39 is 11.0 Å². The Morgan fingerprint density at radius 2 is 1.75 bits per heavy atom. The maximum atomic E-state index is 11.1. The van der Waals surface area contributed by atoms with Crippen molar-refractivity contribution in [3.63, 3.8) is 0 Å². The predicted octanol–water partition coefficient (Wildman–Crippen LogP) is 2.80. The van der Waals surface area contributed by atoms with Gasteiger partial charge >= 0.3 is 0 Å². The molecule has 0 aliphatic carbocycles. The van der Waals surface area contributed by atoms with Crippen LogP contribution in [-0.4, -0.2) is 16.6 Å². The Hall–Kier alpha value is -2.40. The average molecular weight is 271 g/mol. The van der Waals surface area contributed by atoms with Crippen molar-refractivity contribution in [2.24, 2.45) is 0 Å². The Morgan fingerprint density at radius 3 is 2.45 bits per heavy atom. The number of aliphatic hydroxyl groups excluding tert-OH is 1. The highest BCUT2D eigenvalue weighted by Gasteiger charge is 2.38. The van der Waals surface area contributed by atoms with Crippen LogP contribution < -0.4 is 4.74 Å². The van der Waals surface area contributed by atoms with Crippen LogP contribution in [0.25, 0.3) is 0 Å². The van der Waals surface area contributed by atoms with Gasteiger partial charge in [0.05, 0.1) is 23.0 Å². The number of nitrogens with zero attached hydrogens (tertiary/aromatic N) is 1. The Labute approximate surface area is 115 Å². The zero-order valence-electron chi connectivity index (χ0n) is 10.6. The van der Waals surface area contributed by atoms with Crippen molar-refractivity contribution < 1.29 is 14.8 Å². The number of hydrogen-bond donors (Lipinski definition) is 1. The monoisotopic (exact) mass is 271 g/mol. The molecule has 2 aromatic carbocycles. The summed E-state index contributed by atoms with van der Waals surface area (Å²) in [4.78, 5) is 10.7. The molecule has 1 aliphatic heterocycles. The first-order valence-corrected chi connectivity index (χ1v) is 6.32. The third-order valence-electron chi connectivity index (χ3n) is 3.57. The summed E-state index contributed by atoms with van der Waals surface area (Å²) in [7, 11) is 0. The standard InChI is InChI=1S/C15H13NO4/c17-9-12-10-5-2-4-8-14(10)20-15(12)11-6-1-3-7-13(11)16(18)19/h1-8,12,15,17H,9H2. The number of para-hydroxylation sites is 2. The maximum absolute atomic E-state index is 11.1. The molecule has 0 saturated heterocycles. The van der Waals surface area contributed by atoms with E-state index in [4.69, 9.17) is 4.74 Å². The summed E-state index contributed by atoms with van der Waals surface area (Å²) in [5, 5.41) is 20.8. The van der Waals surface area contributed by atoms with Gasteiger partial charge < -0.3 is 9.84 Å². The highest BCUT2D eigenvalue weighted by molar-refractivity contribution is 5.49. The Bertz CT molecular complexity index is 656. The molecule has 2 unspecified atom stereocenters. The highest BCUT2D eigenvalue weighted by Crippen LogP contribution is 2.47. The van der Waals surface area contributed by atoms with E-state index in [-0.39, 0.29) is 18.2 Å². The van der Waals surface area contributed by atoms with Crippen LogP contribution in [0.15, 0.2) is 48.5 Å². The van der Waals surface area contributed by atoms with Gasteiger partial charge in [0.1, 0.15) is 11.9 Å². The number of rotatable bonds is 3. The van der Waals surface area contributed by atoms with Crippen LogP contribution in [0, 0.1) is 10.1 Å². The molecule has 2 atom stereocenters. The van der Waals surface area contributed by atoms with E-state index in [0.29, 0.717) is 11.3 Å². The van der Waals surface area contributed by atoms with Crippen LogP contribution in [-0.2, 0) is 0 Å². The summed E-state index contributed by atoms with van der Waals surface area (Å²) in [6.07, 6.45) is -0.529. The average Bonchev–Trinajstić information content (AvgIpc) is 2.85. The summed E-state index contributed by atoms with van der Waals surface area (Å²) in [6.45, 7) is -0.117. The molecule has 3 rings (SSSR count). The van der Waals surface area contributed by atoms with Crippen LogP contribution in [0.5, 0.6) is 5.75 Å². The number of nitro benzene ring substituents is 1. The second-order valence-corrected chi connectivity index (χ2v) is 4.68. The lowest BCUT2D eigenvalue weighted by atomic mass is 9.91. The molecule has 0 bridgehead atoms. The fraction of sp³-hybridized carbons (Fsp3) is 0.200. The quantitative estimate of drug-likeness (QED) is 0.688. The first-order valence-electron chi connectivity index (χ1n) is 6.32. The zero-order valence-corrected chi connectivity index (χ0v) is 10.6. The molecule has 5 nitrogen and oxygen atoms in total. The van der Waals surface area contributed by atoms with Crippen molar-refractivity contribution in [3.05, 3.63) is 69.8 Å². The van der Waals surface area contributed by atoms with Crippen molar-refractivity contribution in [1.29, 1.82) is 0 Å². The van der Waals surface area contributed by atoms with E-state index in [1.807, 2.05) is 24.3 Å². The molecule has 0 radical (unpaired) electrons. The van der Waals surface area contributed by atoms with Gasteiger partial charge in [0.15, 0.2) is 0 Å². The van der Waals surface area contributed by atoms with Gasteiger partial charge in [-0.1, -0.05) is 30.3 Å². The van der Waals surface area contributed by atoms with Gasteiger partial charge in [-0.05, 0) is 12.1 Å². The molecule has 1 heterocycles. The third kappa shape index (κ3) is 1.92. The molecule has 20 heavy (non-hydrogen) atoms. The Kier molecular flexibility index (Phi) is 3.12. The van der Waals surface area contributed by atoms with E-state index in [1.165, 1.54) is 6.07 Å².